The van der Waals surface area contributed by atoms with Crippen molar-refractivity contribution in [2.24, 2.45) is 5.73 Å². The lowest BCUT2D eigenvalue weighted by Crippen LogP contribution is -2.39. The summed E-state index contributed by atoms with van der Waals surface area (Å²) >= 11 is 5.73. The molecule has 100 valence electrons. The number of halogens is 2. The first-order valence-corrected chi connectivity index (χ1v) is 5.47. The maximum Gasteiger partial charge on any atom is 0.239 e. The Morgan fingerprint density at radius 2 is 1.72 bits per heavy atom. The van der Waals surface area contributed by atoms with Crippen molar-refractivity contribution in [1.29, 1.82) is 0 Å². The Bertz CT molecular complexity index is 396. The number of benzene rings is 1. The van der Waals surface area contributed by atoms with Crippen molar-refractivity contribution in [2.75, 3.05) is 13.1 Å². The van der Waals surface area contributed by atoms with E-state index in [1.54, 1.807) is 12.1 Å². The normalized spacial score (nSPS) is 9.22. The number of carbonyl (C=O) groups is 2. The van der Waals surface area contributed by atoms with Crippen molar-refractivity contribution in [3.63, 3.8) is 0 Å². The first-order chi connectivity index (χ1) is 8.11. The highest BCUT2D eigenvalue weighted by atomic mass is 35.5. The number of nitrogens with two attached hydrogens (primary N) is 1. The molecular formula is C11H15Cl2N3O2. The van der Waals surface area contributed by atoms with E-state index >= 15 is 0 Å². The summed E-state index contributed by atoms with van der Waals surface area (Å²) in [6.07, 6.45) is 0. The second-order valence-corrected chi connectivity index (χ2v) is 3.82. The van der Waals surface area contributed by atoms with Gasteiger partial charge in [0.15, 0.2) is 0 Å². The zero-order chi connectivity index (χ0) is 12.7. The largest absolute Gasteiger partial charge is 0.350 e. The molecule has 2 amide bonds. The predicted molar refractivity (Wildman–Crippen MR) is 72.6 cm³/mol. The van der Waals surface area contributed by atoms with Gasteiger partial charge in [-0.1, -0.05) is 23.7 Å². The van der Waals surface area contributed by atoms with Gasteiger partial charge in [-0.3, -0.25) is 9.59 Å². The Morgan fingerprint density at radius 1 is 1.11 bits per heavy atom. The van der Waals surface area contributed by atoms with Gasteiger partial charge in [0, 0.05) is 11.6 Å². The zero-order valence-corrected chi connectivity index (χ0v) is 11.2. The van der Waals surface area contributed by atoms with Gasteiger partial charge in [0.1, 0.15) is 0 Å². The molecule has 0 spiro atoms. The molecule has 1 aromatic carbocycles. The zero-order valence-electron chi connectivity index (χ0n) is 9.61. The van der Waals surface area contributed by atoms with Crippen molar-refractivity contribution < 1.29 is 9.59 Å². The third-order valence-corrected chi connectivity index (χ3v) is 2.29. The monoisotopic (exact) mass is 291 g/mol. The highest BCUT2D eigenvalue weighted by molar-refractivity contribution is 6.30. The molecule has 5 nitrogen and oxygen atoms in total. The summed E-state index contributed by atoms with van der Waals surface area (Å²) in [6, 6.07) is 7.14. The molecule has 0 bridgehead atoms. The number of hydrogen-bond donors (Lipinski definition) is 3. The Balaban J connectivity index is 0.00000289. The van der Waals surface area contributed by atoms with Crippen LogP contribution in [0.3, 0.4) is 0 Å². The summed E-state index contributed by atoms with van der Waals surface area (Å²) in [4.78, 5) is 22.1. The van der Waals surface area contributed by atoms with E-state index in [1.165, 1.54) is 0 Å². The fourth-order valence-corrected chi connectivity index (χ4v) is 1.24. The van der Waals surface area contributed by atoms with Crippen LogP contribution in [0.5, 0.6) is 0 Å². The Labute approximate surface area is 116 Å². The van der Waals surface area contributed by atoms with E-state index in [1.807, 2.05) is 12.1 Å². The average Bonchev–Trinajstić information content (AvgIpc) is 2.35. The van der Waals surface area contributed by atoms with Gasteiger partial charge in [0.05, 0.1) is 13.1 Å². The molecule has 0 radical (unpaired) electrons. The van der Waals surface area contributed by atoms with Crippen LogP contribution in [0.15, 0.2) is 24.3 Å². The summed E-state index contributed by atoms with van der Waals surface area (Å²) in [5, 5.41) is 5.69. The number of rotatable bonds is 5. The smallest absolute Gasteiger partial charge is 0.239 e. The van der Waals surface area contributed by atoms with Crippen LogP contribution in [0.1, 0.15) is 5.56 Å². The maximum absolute atomic E-state index is 11.3. The van der Waals surface area contributed by atoms with Gasteiger partial charge in [-0.15, -0.1) is 12.4 Å². The van der Waals surface area contributed by atoms with Gasteiger partial charge in [0.2, 0.25) is 11.8 Å². The minimum atomic E-state index is -0.355. The highest BCUT2D eigenvalue weighted by Crippen LogP contribution is 2.08. The van der Waals surface area contributed by atoms with E-state index in [4.69, 9.17) is 17.3 Å². The van der Waals surface area contributed by atoms with E-state index in [9.17, 15) is 9.59 Å². The molecule has 0 atom stereocenters. The number of amides is 2. The molecule has 0 fully saturated rings. The number of carbonyl (C=O) groups excluding carboxylic acids is 2. The molecule has 0 aromatic heterocycles. The molecule has 7 heteroatoms. The minimum absolute atomic E-state index is 0. The average molecular weight is 292 g/mol. The Hall–Kier alpha value is -1.30. The van der Waals surface area contributed by atoms with Crippen molar-refractivity contribution in [1.82, 2.24) is 10.6 Å². The lowest BCUT2D eigenvalue weighted by molar-refractivity contribution is -0.125. The van der Waals surface area contributed by atoms with Crippen LogP contribution in [0.2, 0.25) is 5.02 Å². The van der Waals surface area contributed by atoms with Gasteiger partial charge < -0.3 is 16.4 Å². The van der Waals surface area contributed by atoms with Crippen LogP contribution in [-0.4, -0.2) is 24.9 Å². The molecule has 0 saturated heterocycles. The van der Waals surface area contributed by atoms with E-state index < -0.39 is 0 Å². The van der Waals surface area contributed by atoms with Gasteiger partial charge >= 0.3 is 0 Å². The van der Waals surface area contributed by atoms with Crippen LogP contribution in [0.25, 0.3) is 0 Å². The number of hydrogen-bond acceptors (Lipinski definition) is 3. The molecule has 0 unspecified atom stereocenters. The second kappa shape index (κ2) is 8.74. The van der Waals surface area contributed by atoms with E-state index in [-0.39, 0.29) is 37.3 Å². The molecule has 0 aliphatic rings. The maximum atomic E-state index is 11.3. The third kappa shape index (κ3) is 6.44. The molecule has 1 aromatic rings. The lowest BCUT2D eigenvalue weighted by atomic mass is 10.2. The quantitative estimate of drug-likeness (QED) is 0.737. The third-order valence-electron chi connectivity index (χ3n) is 2.03. The predicted octanol–water partition coefficient (Wildman–Crippen LogP) is 0.453. The fraction of sp³-hybridized carbons (Fsp3) is 0.273. The minimum Gasteiger partial charge on any atom is -0.350 e. The molecule has 0 heterocycles. The van der Waals surface area contributed by atoms with Crippen LogP contribution >= 0.6 is 24.0 Å². The summed E-state index contributed by atoms with van der Waals surface area (Å²) in [5.41, 5.74) is 6.02. The lowest BCUT2D eigenvalue weighted by Gasteiger charge is -2.06. The highest BCUT2D eigenvalue weighted by Gasteiger charge is 2.03. The standard InChI is InChI=1S/C11H14ClN3O2.ClH/c12-9-3-1-8(2-4-9)6-14-11(17)7-15-10(16)5-13;/h1-4H,5-7,13H2,(H,14,17)(H,15,16);1H. The summed E-state index contributed by atoms with van der Waals surface area (Å²) in [7, 11) is 0. The SMILES string of the molecule is Cl.NCC(=O)NCC(=O)NCc1ccc(Cl)cc1. The number of nitrogens with one attached hydrogen (secondary N) is 2. The molecular weight excluding hydrogens is 277 g/mol. The summed E-state index contributed by atoms with van der Waals surface area (Å²) in [6.45, 7) is 0.211. The Morgan fingerprint density at radius 3 is 2.28 bits per heavy atom. The van der Waals surface area contributed by atoms with Crippen molar-refractivity contribution in [2.45, 2.75) is 6.54 Å². The second-order valence-electron chi connectivity index (χ2n) is 3.38. The molecule has 4 N–H and O–H groups in total. The fourth-order valence-electron chi connectivity index (χ4n) is 1.12. The molecule has 0 saturated carbocycles. The van der Waals surface area contributed by atoms with Crippen LogP contribution in [0, 0.1) is 0 Å². The Kier molecular flexibility index (Phi) is 8.11. The van der Waals surface area contributed by atoms with E-state index in [2.05, 4.69) is 10.6 Å². The van der Waals surface area contributed by atoms with Crippen molar-refractivity contribution >= 4 is 35.8 Å². The molecule has 0 aliphatic carbocycles. The molecule has 1 rings (SSSR count). The summed E-state index contributed by atoms with van der Waals surface area (Å²) in [5.74, 6) is -0.617. The van der Waals surface area contributed by atoms with Crippen LogP contribution < -0.4 is 16.4 Å². The van der Waals surface area contributed by atoms with Crippen LogP contribution in [0.4, 0.5) is 0 Å². The van der Waals surface area contributed by atoms with Gasteiger partial charge in [-0.05, 0) is 17.7 Å². The van der Waals surface area contributed by atoms with Crippen molar-refractivity contribution in [3.8, 4) is 0 Å². The van der Waals surface area contributed by atoms with E-state index in [0.29, 0.717) is 11.6 Å². The molecule has 18 heavy (non-hydrogen) atoms. The van der Waals surface area contributed by atoms with Gasteiger partial charge in [0.25, 0.3) is 0 Å². The molecule has 0 aliphatic heterocycles. The van der Waals surface area contributed by atoms with Gasteiger partial charge in [-0.2, -0.15) is 0 Å². The topological polar surface area (TPSA) is 84.2 Å². The van der Waals surface area contributed by atoms with E-state index in [0.717, 1.165) is 5.56 Å². The van der Waals surface area contributed by atoms with Crippen LogP contribution in [-0.2, 0) is 16.1 Å². The first-order valence-electron chi connectivity index (χ1n) is 5.09. The van der Waals surface area contributed by atoms with Gasteiger partial charge in [-0.25, -0.2) is 0 Å². The summed E-state index contributed by atoms with van der Waals surface area (Å²) < 4.78 is 0. The first kappa shape index (κ1) is 16.7. The van der Waals surface area contributed by atoms with Crippen molar-refractivity contribution in [3.05, 3.63) is 34.9 Å².